The largest absolute Gasteiger partial charge is 0.384 e. The Labute approximate surface area is 208 Å². The Bertz CT molecular complexity index is 1040. The van der Waals surface area contributed by atoms with E-state index in [0.717, 1.165) is 37.9 Å². The zero-order valence-corrected chi connectivity index (χ0v) is 20.9. The highest BCUT2D eigenvalue weighted by Crippen LogP contribution is 2.32. The van der Waals surface area contributed by atoms with Crippen molar-refractivity contribution in [3.63, 3.8) is 0 Å². The molecule has 4 heterocycles. The molecule has 2 saturated heterocycles. The van der Waals surface area contributed by atoms with Gasteiger partial charge in [0.25, 0.3) is 5.91 Å². The normalized spacial score (nSPS) is 21.9. The maximum absolute atomic E-state index is 15.8. The predicted octanol–water partition coefficient (Wildman–Crippen LogP) is 3.72. The van der Waals surface area contributed by atoms with Crippen molar-refractivity contribution in [1.82, 2.24) is 19.7 Å². The first kappa shape index (κ1) is 24.2. The van der Waals surface area contributed by atoms with E-state index in [4.69, 9.17) is 5.73 Å². The fraction of sp³-hybridized carbons (Fsp3) is 0.571. The van der Waals surface area contributed by atoms with Gasteiger partial charge in [-0.3, -0.25) is 14.6 Å². The summed E-state index contributed by atoms with van der Waals surface area (Å²) in [7, 11) is 0. The molecule has 35 heavy (non-hydrogen) atoms. The molecule has 0 bridgehead atoms. The van der Waals surface area contributed by atoms with Crippen LogP contribution in [0.5, 0.6) is 0 Å². The summed E-state index contributed by atoms with van der Waals surface area (Å²) in [6.45, 7) is 7.42. The number of rotatable bonds is 4. The van der Waals surface area contributed by atoms with Gasteiger partial charge in [-0.2, -0.15) is 0 Å². The Kier molecular flexibility index (Phi) is 7.07. The number of nitrogens with two attached hydrogens (primary N) is 1. The van der Waals surface area contributed by atoms with Gasteiger partial charge in [-0.25, -0.2) is 9.37 Å². The third-order valence-electron chi connectivity index (χ3n) is 8.18. The van der Waals surface area contributed by atoms with Gasteiger partial charge in [-0.15, -0.1) is 0 Å². The lowest BCUT2D eigenvalue weighted by atomic mass is 9.90. The molecule has 0 unspecified atom stereocenters. The minimum absolute atomic E-state index is 0.259. The van der Waals surface area contributed by atoms with Gasteiger partial charge in [0, 0.05) is 64.3 Å². The highest BCUT2D eigenvalue weighted by molar-refractivity contribution is 5.85. The number of nitrogens with zero attached hydrogens (tertiary/aromatic N) is 4. The smallest absolute Gasteiger partial charge is 0.260 e. The second kappa shape index (κ2) is 10.2. The molecule has 0 atom stereocenters. The molecule has 1 amide bonds. The molecule has 3 aliphatic rings. The van der Waals surface area contributed by atoms with E-state index in [1.807, 2.05) is 12.1 Å². The zero-order valence-electron chi connectivity index (χ0n) is 20.9. The van der Waals surface area contributed by atoms with E-state index >= 15 is 4.39 Å². The molecule has 0 saturated carbocycles. The number of likely N-dealkylation sites (tertiary alicyclic amines) is 2. The number of nitrogen functional groups attached to an aromatic ring is 1. The van der Waals surface area contributed by atoms with Crippen molar-refractivity contribution < 1.29 is 9.18 Å². The van der Waals surface area contributed by atoms with Crippen molar-refractivity contribution in [2.24, 2.45) is 0 Å². The van der Waals surface area contributed by atoms with Gasteiger partial charge in [-0.05, 0) is 68.0 Å². The van der Waals surface area contributed by atoms with E-state index in [9.17, 15) is 4.79 Å². The molecule has 7 heteroatoms. The molecule has 3 aliphatic heterocycles. The molecule has 1 aromatic heterocycles. The number of hydrogen-bond acceptors (Lipinski definition) is 5. The van der Waals surface area contributed by atoms with Crippen molar-refractivity contribution in [2.45, 2.75) is 70.2 Å². The number of anilines is 1. The molecule has 6 nitrogen and oxygen atoms in total. The van der Waals surface area contributed by atoms with Crippen LogP contribution in [0.15, 0.2) is 36.5 Å². The molecule has 1 aromatic carbocycles. The van der Waals surface area contributed by atoms with Crippen LogP contribution in [-0.4, -0.2) is 70.0 Å². The van der Waals surface area contributed by atoms with E-state index < -0.39 is 5.67 Å². The third-order valence-corrected chi connectivity index (χ3v) is 8.18. The Hall–Kier alpha value is -2.51. The van der Waals surface area contributed by atoms with Crippen LogP contribution >= 0.6 is 0 Å². The molecule has 2 aromatic rings. The molecule has 2 N–H and O–H groups in total. The number of carbonyl (C=O) groups is 1. The monoisotopic (exact) mass is 479 g/mol. The number of fused-ring (bicyclic) bond motifs is 1. The first-order valence-corrected chi connectivity index (χ1v) is 13.1. The van der Waals surface area contributed by atoms with E-state index in [2.05, 4.69) is 39.9 Å². The molecule has 188 valence electrons. The van der Waals surface area contributed by atoms with Crippen LogP contribution in [0.1, 0.15) is 54.4 Å². The Morgan fingerprint density at radius 1 is 1.09 bits per heavy atom. The molecule has 0 aliphatic carbocycles. The summed E-state index contributed by atoms with van der Waals surface area (Å²) in [5.41, 5.74) is 9.37. The quantitative estimate of drug-likeness (QED) is 0.724. The average molecular weight is 480 g/mol. The second-order valence-electron chi connectivity index (χ2n) is 10.7. The van der Waals surface area contributed by atoms with Crippen LogP contribution in [0.4, 0.5) is 10.2 Å². The van der Waals surface area contributed by atoms with Crippen molar-refractivity contribution >= 4 is 11.7 Å². The highest BCUT2D eigenvalue weighted by atomic mass is 19.1. The average Bonchev–Trinajstić information content (AvgIpc) is 3.07. The van der Waals surface area contributed by atoms with Crippen molar-refractivity contribution in [3.8, 4) is 0 Å². The van der Waals surface area contributed by atoms with Crippen LogP contribution in [0.3, 0.4) is 0 Å². The topological polar surface area (TPSA) is 65.7 Å². The molecular formula is C28H38FN5O. The first-order valence-electron chi connectivity index (χ1n) is 13.1. The highest BCUT2D eigenvalue weighted by Gasteiger charge is 2.45. The van der Waals surface area contributed by atoms with E-state index in [-0.39, 0.29) is 18.7 Å². The summed E-state index contributed by atoms with van der Waals surface area (Å²) in [6.07, 6.45) is 6.39. The summed E-state index contributed by atoms with van der Waals surface area (Å²) in [4.78, 5) is 23.8. The fourth-order valence-corrected chi connectivity index (χ4v) is 6.07. The summed E-state index contributed by atoms with van der Waals surface area (Å²) in [5, 5.41) is 0. The molecular weight excluding hydrogens is 441 g/mol. The van der Waals surface area contributed by atoms with Crippen molar-refractivity contribution in [2.75, 3.05) is 38.5 Å². The van der Waals surface area contributed by atoms with E-state index in [1.165, 1.54) is 23.1 Å². The van der Waals surface area contributed by atoms with Gasteiger partial charge in [0.05, 0.1) is 0 Å². The number of alkyl halides is 1. The number of hydrogen-bond donors (Lipinski definition) is 1. The lowest BCUT2D eigenvalue weighted by molar-refractivity contribution is -0.149. The van der Waals surface area contributed by atoms with Gasteiger partial charge in [0.2, 0.25) is 0 Å². The van der Waals surface area contributed by atoms with Crippen molar-refractivity contribution in [3.05, 3.63) is 58.8 Å². The van der Waals surface area contributed by atoms with Crippen LogP contribution in [0.25, 0.3) is 0 Å². The van der Waals surface area contributed by atoms with Gasteiger partial charge in [0.15, 0.2) is 5.67 Å². The summed E-state index contributed by atoms with van der Waals surface area (Å²) in [6, 6.07) is 11.1. The number of amides is 1. The first-order chi connectivity index (χ1) is 16.9. The SMILES string of the molecule is Cc1ccc2c(c1)CCCN(C1CCN(C(=O)C3(F)CCN(Cc4ccnc(N)c4)CC3)CC1)C2. The van der Waals surface area contributed by atoms with E-state index in [0.29, 0.717) is 44.6 Å². The minimum atomic E-state index is -1.74. The molecule has 2 fully saturated rings. The number of pyridine rings is 1. The Morgan fingerprint density at radius 3 is 2.60 bits per heavy atom. The zero-order chi connectivity index (χ0) is 24.4. The Morgan fingerprint density at radius 2 is 1.86 bits per heavy atom. The fourth-order valence-electron chi connectivity index (χ4n) is 6.07. The number of aromatic nitrogens is 1. The Balaban J connectivity index is 1.12. The number of piperidine rings is 2. The predicted molar refractivity (Wildman–Crippen MR) is 137 cm³/mol. The van der Waals surface area contributed by atoms with Gasteiger partial charge in [-0.1, -0.05) is 23.8 Å². The number of halogens is 1. The summed E-state index contributed by atoms with van der Waals surface area (Å²) >= 11 is 0. The molecule has 0 radical (unpaired) electrons. The lowest BCUT2D eigenvalue weighted by Gasteiger charge is -2.42. The second-order valence-corrected chi connectivity index (χ2v) is 10.7. The van der Waals surface area contributed by atoms with Crippen LogP contribution in [0.2, 0.25) is 0 Å². The third kappa shape index (κ3) is 5.51. The van der Waals surface area contributed by atoms with Gasteiger partial charge < -0.3 is 10.6 Å². The maximum Gasteiger partial charge on any atom is 0.260 e. The number of carbonyl (C=O) groups excluding carboxylic acids is 1. The van der Waals surface area contributed by atoms with Gasteiger partial charge >= 0.3 is 0 Å². The summed E-state index contributed by atoms with van der Waals surface area (Å²) in [5.74, 6) is 0.206. The standard InChI is InChI=1S/C28H38FN5O/c1-21-4-5-24-20-34(12-2-3-23(24)17-21)25-7-13-33(14-8-25)27(35)28(29)9-15-32(16-10-28)19-22-6-11-31-26(30)18-22/h4-6,11,17-18,25H,2-3,7-10,12-16,19-20H2,1H3,(H2,30,31). The number of benzene rings is 1. The summed E-state index contributed by atoms with van der Waals surface area (Å²) < 4.78 is 15.8. The van der Waals surface area contributed by atoms with Crippen molar-refractivity contribution in [1.29, 1.82) is 0 Å². The lowest BCUT2D eigenvalue weighted by Crippen LogP contribution is -2.55. The van der Waals surface area contributed by atoms with Crippen LogP contribution in [-0.2, 0) is 24.3 Å². The molecule has 0 spiro atoms. The van der Waals surface area contributed by atoms with Crippen LogP contribution < -0.4 is 5.73 Å². The number of aryl methyl sites for hydroxylation is 2. The van der Waals surface area contributed by atoms with E-state index in [1.54, 1.807) is 11.1 Å². The molecule has 5 rings (SSSR count). The minimum Gasteiger partial charge on any atom is -0.384 e. The van der Waals surface area contributed by atoms with Crippen LogP contribution in [0, 0.1) is 6.92 Å². The van der Waals surface area contributed by atoms with Gasteiger partial charge in [0.1, 0.15) is 5.82 Å². The maximum atomic E-state index is 15.8.